The van der Waals surface area contributed by atoms with Crippen molar-refractivity contribution in [3.05, 3.63) is 32.6 Å². The summed E-state index contributed by atoms with van der Waals surface area (Å²) >= 11 is 13.4. The summed E-state index contributed by atoms with van der Waals surface area (Å²) in [6, 6.07) is 3.30. The zero-order valence-electron chi connectivity index (χ0n) is 11.1. The first kappa shape index (κ1) is 15.2. The third kappa shape index (κ3) is 2.80. The van der Waals surface area contributed by atoms with Crippen molar-refractivity contribution < 1.29 is 9.53 Å². The van der Waals surface area contributed by atoms with Crippen LogP contribution in [0.3, 0.4) is 0 Å². The van der Waals surface area contributed by atoms with Crippen LogP contribution in [0.15, 0.2) is 22.0 Å². The molecule has 1 fully saturated rings. The predicted molar refractivity (Wildman–Crippen MR) is 84.7 cm³/mol. The number of carbonyl (C=O) groups excluding carboxylic acids is 1. The standard InChI is InChI=1S/C13H12Cl2N2O2S/c1-16-13-17(2)12(18)10(20-13)5-7-4-8(14)6-9(15)11(7)19-3/h4-6H,1-3H3/b10-5-,16-13?. The molecule has 0 bridgehead atoms. The molecule has 0 aromatic heterocycles. The van der Waals surface area contributed by atoms with Crippen molar-refractivity contribution in [1.29, 1.82) is 0 Å². The molecule has 1 aliphatic rings. The first-order valence-corrected chi connectivity index (χ1v) is 7.22. The minimum absolute atomic E-state index is 0.117. The highest BCUT2D eigenvalue weighted by atomic mass is 35.5. The van der Waals surface area contributed by atoms with E-state index in [2.05, 4.69) is 4.99 Å². The molecular formula is C13H12Cl2N2O2S. The molecular weight excluding hydrogens is 319 g/mol. The Hall–Kier alpha value is -1.17. The molecule has 0 unspecified atom stereocenters. The zero-order chi connectivity index (χ0) is 14.9. The van der Waals surface area contributed by atoms with E-state index in [9.17, 15) is 4.79 Å². The molecule has 1 saturated heterocycles. The number of carbonyl (C=O) groups is 1. The lowest BCUT2D eigenvalue weighted by molar-refractivity contribution is -0.121. The van der Waals surface area contributed by atoms with Gasteiger partial charge in [-0.3, -0.25) is 14.7 Å². The van der Waals surface area contributed by atoms with Crippen molar-refractivity contribution in [1.82, 2.24) is 4.90 Å². The van der Waals surface area contributed by atoms with Gasteiger partial charge in [-0.25, -0.2) is 0 Å². The maximum absolute atomic E-state index is 12.1. The van der Waals surface area contributed by atoms with Gasteiger partial charge in [0.2, 0.25) is 0 Å². The van der Waals surface area contributed by atoms with Gasteiger partial charge in [0, 0.05) is 24.7 Å². The molecule has 1 amide bonds. The predicted octanol–water partition coefficient (Wildman–Crippen LogP) is 3.53. The second-order valence-corrected chi connectivity index (χ2v) is 5.84. The maximum Gasteiger partial charge on any atom is 0.266 e. The van der Waals surface area contributed by atoms with E-state index in [0.29, 0.717) is 31.4 Å². The van der Waals surface area contributed by atoms with Crippen LogP contribution in [0.4, 0.5) is 0 Å². The molecule has 106 valence electrons. The number of likely N-dealkylation sites (N-methyl/N-ethyl adjacent to an activating group) is 1. The third-order valence-electron chi connectivity index (χ3n) is 2.72. The summed E-state index contributed by atoms with van der Waals surface area (Å²) in [7, 11) is 4.85. The smallest absolute Gasteiger partial charge is 0.266 e. The maximum atomic E-state index is 12.1. The van der Waals surface area contributed by atoms with Crippen LogP contribution in [0.2, 0.25) is 10.0 Å². The van der Waals surface area contributed by atoms with Crippen molar-refractivity contribution in [3.63, 3.8) is 0 Å². The second-order valence-electron chi connectivity index (χ2n) is 3.99. The van der Waals surface area contributed by atoms with Crippen molar-refractivity contribution in [2.45, 2.75) is 0 Å². The summed E-state index contributed by atoms with van der Waals surface area (Å²) in [5, 5.41) is 1.53. The Morgan fingerprint density at radius 1 is 1.40 bits per heavy atom. The quantitative estimate of drug-likeness (QED) is 0.779. The van der Waals surface area contributed by atoms with Gasteiger partial charge >= 0.3 is 0 Å². The van der Waals surface area contributed by atoms with Gasteiger partial charge in [-0.15, -0.1) is 0 Å². The van der Waals surface area contributed by atoms with Gasteiger partial charge in [0.1, 0.15) is 5.75 Å². The Morgan fingerprint density at radius 3 is 2.65 bits per heavy atom. The van der Waals surface area contributed by atoms with Crippen molar-refractivity contribution in [3.8, 4) is 5.75 Å². The van der Waals surface area contributed by atoms with E-state index in [1.807, 2.05) is 0 Å². The number of hydrogen-bond acceptors (Lipinski definition) is 4. The molecule has 0 aliphatic carbocycles. The summed E-state index contributed by atoms with van der Waals surface area (Å²) in [4.78, 5) is 18.2. The summed E-state index contributed by atoms with van der Waals surface area (Å²) < 4.78 is 5.26. The molecule has 1 heterocycles. The summed E-state index contributed by atoms with van der Waals surface area (Å²) in [5.74, 6) is 0.371. The SMILES string of the molecule is CN=C1S/C(=C\c2cc(Cl)cc(Cl)c2OC)C(=O)N1C. The van der Waals surface area contributed by atoms with Crippen LogP contribution in [0.1, 0.15) is 5.56 Å². The minimum Gasteiger partial charge on any atom is -0.495 e. The van der Waals surface area contributed by atoms with Gasteiger partial charge < -0.3 is 4.74 Å². The van der Waals surface area contributed by atoms with Gasteiger partial charge in [0.05, 0.1) is 17.0 Å². The lowest BCUT2D eigenvalue weighted by Gasteiger charge is -2.08. The number of methoxy groups -OCH3 is 1. The molecule has 1 aliphatic heterocycles. The third-order valence-corrected chi connectivity index (χ3v) is 4.37. The number of benzene rings is 1. The Labute approximate surface area is 131 Å². The van der Waals surface area contributed by atoms with E-state index >= 15 is 0 Å². The largest absolute Gasteiger partial charge is 0.495 e. The number of nitrogens with zero attached hydrogens (tertiary/aromatic N) is 2. The number of rotatable bonds is 2. The van der Waals surface area contributed by atoms with Crippen LogP contribution in [0.5, 0.6) is 5.75 Å². The average Bonchev–Trinajstić information content (AvgIpc) is 2.66. The second kappa shape index (κ2) is 6.08. The monoisotopic (exact) mass is 330 g/mol. The topological polar surface area (TPSA) is 41.9 Å². The highest BCUT2D eigenvalue weighted by Crippen LogP contribution is 2.37. The minimum atomic E-state index is -0.117. The fourth-order valence-corrected chi connectivity index (χ4v) is 3.30. The Kier molecular flexibility index (Phi) is 4.62. The number of ether oxygens (including phenoxy) is 1. The first-order chi connectivity index (χ1) is 9.47. The van der Waals surface area contributed by atoms with Gasteiger partial charge in [0.15, 0.2) is 5.17 Å². The van der Waals surface area contributed by atoms with Crippen molar-refractivity contribution in [2.24, 2.45) is 4.99 Å². The first-order valence-electron chi connectivity index (χ1n) is 5.65. The number of amides is 1. The van der Waals surface area contributed by atoms with E-state index in [1.54, 1.807) is 32.3 Å². The highest BCUT2D eigenvalue weighted by molar-refractivity contribution is 8.18. The summed E-state index contributed by atoms with van der Waals surface area (Å²) in [6.45, 7) is 0. The molecule has 0 atom stereocenters. The molecule has 0 radical (unpaired) electrons. The number of amidine groups is 1. The van der Waals surface area contributed by atoms with Gasteiger partial charge in [0.25, 0.3) is 5.91 Å². The molecule has 1 aromatic rings. The fraction of sp³-hybridized carbons (Fsp3) is 0.231. The molecule has 1 aromatic carbocycles. The fourth-order valence-electron chi connectivity index (χ4n) is 1.79. The van der Waals surface area contributed by atoms with E-state index in [-0.39, 0.29) is 5.91 Å². The molecule has 7 heteroatoms. The lowest BCUT2D eigenvalue weighted by atomic mass is 10.2. The normalized spacial score (nSPS) is 19.2. The van der Waals surface area contributed by atoms with Crippen LogP contribution < -0.4 is 4.74 Å². The lowest BCUT2D eigenvalue weighted by Crippen LogP contribution is -2.23. The molecule has 20 heavy (non-hydrogen) atoms. The van der Waals surface area contributed by atoms with E-state index in [1.165, 1.54) is 23.8 Å². The number of aliphatic imine (C=N–C) groups is 1. The summed E-state index contributed by atoms with van der Waals surface area (Å²) in [5.41, 5.74) is 0.659. The van der Waals surface area contributed by atoms with E-state index < -0.39 is 0 Å². The van der Waals surface area contributed by atoms with Crippen LogP contribution in [-0.4, -0.2) is 37.2 Å². The Bertz CT molecular complexity index is 629. The highest BCUT2D eigenvalue weighted by Gasteiger charge is 2.30. The molecule has 4 nitrogen and oxygen atoms in total. The average molecular weight is 331 g/mol. The van der Waals surface area contributed by atoms with Crippen LogP contribution in [0, 0.1) is 0 Å². The van der Waals surface area contributed by atoms with Gasteiger partial charge in [-0.1, -0.05) is 23.2 Å². The Balaban J connectivity index is 2.49. The van der Waals surface area contributed by atoms with E-state index in [0.717, 1.165) is 0 Å². The molecule has 0 spiro atoms. The van der Waals surface area contributed by atoms with Crippen LogP contribution in [0.25, 0.3) is 6.08 Å². The Morgan fingerprint density at radius 2 is 2.10 bits per heavy atom. The van der Waals surface area contributed by atoms with Gasteiger partial charge in [-0.05, 0) is 30.0 Å². The molecule has 0 saturated carbocycles. The van der Waals surface area contributed by atoms with Gasteiger partial charge in [-0.2, -0.15) is 0 Å². The molecule has 0 N–H and O–H groups in total. The van der Waals surface area contributed by atoms with Crippen molar-refractivity contribution in [2.75, 3.05) is 21.2 Å². The summed E-state index contributed by atoms with van der Waals surface area (Å²) in [6.07, 6.45) is 1.71. The van der Waals surface area contributed by atoms with Crippen LogP contribution >= 0.6 is 35.0 Å². The number of hydrogen-bond donors (Lipinski definition) is 0. The zero-order valence-corrected chi connectivity index (χ0v) is 13.4. The van der Waals surface area contributed by atoms with Crippen molar-refractivity contribution >= 4 is 52.1 Å². The van der Waals surface area contributed by atoms with E-state index in [4.69, 9.17) is 27.9 Å². The number of halogens is 2. The number of thioether (sulfide) groups is 1. The van der Waals surface area contributed by atoms with Crippen LogP contribution in [-0.2, 0) is 4.79 Å². The molecule has 2 rings (SSSR count).